The topological polar surface area (TPSA) is 64.6 Å². The van der Waals surface area contributed by atoms with Crippen molar-refractivity contribution < 1.29 is 17.9 Å². The summed E-state index contributed by atoms with van der Waals surface area (Å²) in [6.45, 7) is 0.932. The molecule has 1 aliphatic rings. The zero-order valence-corrected chi connectivity index (χ0v) is 13.6. The minimum atomic E-state index is -3.63. The minimum absolute atomic E-state index is 0.412. The van der Waals surface area contributed by atoms with Crippen molar-refractivity contribution in [1.82, 2.24) is 0 Å². The van der Waals surface area contributed by atoms with Crippen molar-refractivity contribution in [1.29, 1.82) is 0 Å². The first-order chi connectivity index (χ1) is 11.0. The van der Waals surface area contributed by atoms with Crippen LogP contribution in [0.15, 0.2) is 47.9 Å². The standard InChI is InChI=1S/C16H14ClNO4S/c17-13-3-1-12(2-4-13)7-10-23(19,20)18-14-5-6-15-16(11-14)22-9-8-21-15/h1-7,10-11,18H,8-9H2/b10-7+. The van der Waals surface area contributed by atoms with Crippen LogP contribution in [0, 0.1) is 0 Å². The fraction of sp³-hybridized carbons (Fsp3) is 0.125. The summed E-state index contributed by atoms with van der Waals surface area (Å²) in [5, 5.41) is 1.70. The molecule has 0 bridgehead atoms. The monoisotopic (exact) mass is 351 g/mol. The van der Waals surface area contributed by atoms with Crippen molar-refractivity contribution in [3.63, 3.8) is 0 Å². The quantitative estimate of drug-likeness (QED) is 0.915. The first-order valence-corrected chi connectivity index (χ1v) is 8.80. The van der Waals surface area contributed by atoms with E-state index < -0.39 is 10.0 Å². The van der Waals surface area contributed by atoms with Gasteiger partial charge in [0.1, 0.15) is 13.2 Å². The summed E-state index contributed by atoms with van der Waals surface area (Å²) in [6, 6.07) is 11.8. The molecule has 0 radical (unpaired) electrons. The third-order valence-corrected chi connectivity index (χ3v) is 4.38. The summed E-state index contributed by atoms with van der Waals surface area (Å²) < 4.78 is 37.5. The average Bonchev–Trinajstić information content (AvgIpc) is 2.54. The second-order valence-electron chi connectivity index (χ2n) is 4.86. The molecule has 0 atom stereocenters. The normalized spacial score (nSPS) is 14.0. The van der Waals surface area contributed by atoms with Gasteiger partial charge in [-0.3, -0.25) is 4.72 Å². The molecule has 0 aliphatic carbocycles. The number of rotatable bonds is 4. The van der Waals surface area contributed by atoms with Gasteiger partial charge < -0.3 is 9.47 Å². The van der Waals surface area contributed by atoms with Gasteiger partial charge in [0, 0.05) is 11.1 Å². The molecule has 7 heteroatoms. The van der Waals surface area contributed by atoms with E-state index in [2.05, 4.69) is 4.72 Å². The van der Waals surface area contributed by atoms with E-state index in [1.54, 1.807) is 42.5 Å². The fourth-order valence-corrected chi connectivity index (χ4v) is 3.03. The first-order valence-electron chi connectivity index (χ1n) is 6.88. The van der Waals surface area contributed by atoms with Gasteiger partial charge in [-0.15, -0.1) is 0 Å². The second kappa shape index (κ2) is 6.52. The van der Waals surface area contributed by atoms with Crippen molar-refractivity contribution in [3.8, 4) is 11.5 Å². The molecule has 5 nitrogen and oxygen atoms in total. The van der Waals surface area contributed by atoms with Crippen molar-refractivity contribution in [2.75, 3.05) is 17.9 Å². The Morgan fingerprint density at radius 3 is 2.43 bits per heavy atom. The summed E-state index contributed by atoms with van der Waals surface area (Å²) in [5.74, 6) is 1.13. The molecule has 3 rings (SSSR count). The van der Waals surface area contributed by atoms with E-state index in [9.17, 15) is 8.42 Å². The fourth-order valence-electron chi connectivity index (χ4n) is 2.05. The molecule has 1 heterocycles. The Labute approximate surface area is 139 Å². The highest BCUT2D eigenvalue weighted by molar-refractivity contribution is 7.95. The van der Waals surface area contributed by atoms with Gasteiger partial charge in [0.05, 0.1) is 11.1 Å². The maximum absolute atomic E-state index is 12.1. The van der Waals surface area contributed by atoms with Crippen LogP contribution in [-0.4, -0.2) is 21.6 Å². The highest BCUT2D eigenvalue weighted by atomic mass is 35.5. The van der Waals surface area contributed by atoms with Crippen LogP contribution in [0.3, 0.4) is 0 Å². The highest BCUT2D eigenvalue weighted by Gasteiger charge is 2.13. The molecule has 0 unspecified atom stereocenters. The van der Waals surface area contributed by atoms with Crippen LogP contribution in [0.5, 0.6) is 11.5 Å². The molecule has 0 spiro atoms. The average molecular weight is 352 g/mol. The van der Waals surface area contributed by atoms with Gasteiger partial charge in [-0.25, -0.2) is 8.42 Å². The minimum Gasteiger partial charge on any atom is -0.486 e. The van der Waals surface area contributed by atoms with Crippen LogP contribution in [0.4, 0.5) is 5.69 Å². The second-order valence-corrected chi connectivity index (χ2v) is 6.86. The van der Waals surface area contributed by atoms with Crippen LogP contribution in [0.2, 0.25) is 5.02 Å². The van der Waals surface area contributed by atoms with Crippen molar-refractivity contribution in [3.05, 3.63) is 58.5 Å². The Balaban J connectivity index is 1.74. The molecule has 2 aromatic carbocycles. The molecule has 120 valence electrons. The van der Waals surface area contributed by atoms with Gasteiger partial charge in [0.2, 0.25) is 0 Å². The molecule has 23 heavy (non-hydrogen) atoms. The number of halogens is 1. The number of anilines is 1. The third kappa shape index (κ3) is 4.18. The summed E-state index contributed by atoms with van der Waals surface area (Å²) >= 11 is 5.79. The van der Waals surface area contributed by atoms with Gasteiger partial charge in [0.25, 0.3) is 10.0 Å². The SMILES string of the molecule is O=S(=O)(/C=C/c1ccc(Cl)cc1)Nc1ccc2c(c1)OCCO2. The molecule has 1 N–H and O–H groups in total. The molecule has 0 saturated heterocycles. The summed E-state index contributed by atoms with van der Waals surface area (Å²) in [5.41, 5.74) is 1.15. The van der Waals surface area contributed by atoms with E-state index in [4.69, 9.17) is 21.1 Å². The number of nitrogens with one attached hydrogen (secondary N) is 1. The first kappa shape index (κ1) is 15.7. The van der Waals surface area contributed by atoms with E-state index in [1.165, 1.54) is 6.08 Å². The summed E-state index contributed by atoms with van der Waals surface area (Å²) in [4.78, 5) is 0. The summed E-state index contributed by atoms with van der Waals surface area (Å²) in [7, 11) is -3.63. The van der Waals surface area contributed by atoms with Gasteiger partial charge in [-0.2, -0.15) is 0 Å². The number of hydrogen-bond donors (Lipinski definition) is 1. The van der Waals surface area contributed by atoms with Crippen molar-refractivity contribution >= 4 is 33.4 Å². The molecular weight excluding hydrogens is 338 g/mol. The lowest BCUT2D eigenvalue weighted by molar-refractivity contribution is 0.171. The molecule has 0 saturated carbocycles. The Hall–Kier alpha value is -2.18. The predicted molar refractivity (Wildman–Crippen MR) is 90.5 cm³/mol. The van der Waals surface area contributed by atoms with E-state index >= 15 is 0 Å². The molecule has 1 aliphatic heterocycles. The summed E-state index contributed by atoms with van der Waals surface area (Å²) in [6.07, 6.45) is 1.50. The zero-order valence-electron chi connectivity index (χ0n) is 12.0. The highest BCUT2D eigenvalue weighted by Crippen LogP contribution is 2.32. The predicted octanol–water partition coefficient (Wildman–Crippen LogP) is 3.52. The Morgan fingerprint density at radius 2 is 1.70 bits per heavy atom. The molecule has 2 aromatic rings. The molecule has 0 fully saturated rings. The van der Waals surface area contributed by atoms with Gasteiger partial charge in [0.15, 0.2) is 11.5 Å². The molecule has 0 aromatic heterocycles. The molecule has 0 amide bonds. The molecular formula is C16H14ClNO4S. The van der Waals surface area contributed by atoms with Crippen LogP contribution >= 0.6 is 11.6 Å². The zero-order chi connectivity index (χ0) is 16.3. The van der Waals surface area contributed by atoms with Crippen LogP contribution in [0.25, 0.3) is 6.08 Å². The van der Waals surface area contributed by atoms with Gasteiger partial charge >= 0.3 is 0 Å². The largest absolute Gasteiger partial charge is 0.486 e. The van der Waals surface area contributed by atoms with E-state index in [0.717, 1.165) is 11.0 Å². The van der Waals surface area contributed by atoms with Crippen molar-refractivity contribution in [2.24, 2.45) is 0 Å². The number of ether oxygens (including phenoxy) is 2. The van der Waals surface area contributed by atoms with E-state index in [-0.39, 0.29) is 0 Å². The van der Waals surface area contributed by atoms with Gasteiger partial charge in [-0.05, 0) is 35.9 Å². The Morgan fingerprint density at radius 1 is 1.00 bits per heavy atom. The Bertz CT molecular complexity index is 832. The van der Waals surface area contributed by atoms with Crippen molar-refractivity contribution in [2.45, 2.75) is 0 Å². The lowest BCUT2D eigenvalue weighted by atomic mass is 10.2. The Kier molecular flexibility index (Phi) is 4.45. The van der Waals surface area contributed by atoms with Gasteiger partial charge in [-0.1, -0.05) is 23.7 Å². The number of sulfonamides is 1. The number of hydrogen-bond acceptors (Lipinski definition) is 4. The lowest BCUT2D eigenvalue weighted by Crippen LogP contribution is -2.16. The maximum Gasteiger partial charge on any atom is 0.255 e. The van der Waals surface area contributed by atoms with E-state index in [1.807, 2.05) is 0 Å². The van der Waals surface area contributed by atoms with Crippen LogP contribution in [0.1, 0.15) is 5.56 Å². The lowest BCUT2D eigenvalue weighted by Gasteiger charge is -2.18. The van der Waals surface area contributed by atoms with Crippen LogP contribution in [-0.2, 0) is 10.0 Å². The third-order valence-electron chi connectivity index (χ3n) is 3.11. The number of fused-ring (bicyclic) bond motifs is 1. The van der Waals surface area contributed by atoms with E-state index in [0.29, 0.717) is 35.4 Å². The smallest absolute Gasteiger partial charge is 0.255 e. The van der Waals surface area contributed by atoms with Crippen LogP contribution < -0.4 is 14.2 Å². The number of benzene rings is 2. The maximum atomic E-state index is 12.1.